The minimum absolute atomic E-state index is 0.0540. The molecule has 0 bridgehead atoms. The number of hydrogen-bond donors (Lipinski definition) is 2. The zero-order chi connectivity index (χ0) is 15.6. The quantitative estimate of drug-likeness (QED) is 0.836. The van der Waals surface area contributed by atoms with Crippen molar-refractivity contribution in [1.29, 1.82) is 0 Å². The summed E-state index contributed by atoms with van der Waals surface area (Å²) in [5, 5.41) is 9.50. The van der Waals surface area contributed by atoms with Crippen LogP contribution in [-0.2, 0) is 16.6 Å². The molecule has 0 aliphatic carbocycles. The van der Waals surface area contributed by atoms with E-state index in [1.54, 1.807) is 12.1 Å². The second kappa shape index (κ2) is 6.36. The molecule has 0 saturated heterocycles. The summed E-state index contributed by atoms with van der Waals surface area (Å²) in [6, 6.07) is 9.47. The van der Waals surface area contributed by atoms with Crippen molar-refractivity contribution in [3.63, 3.8) is 0 Å². The molecular weight excluding hydrogens is 378 g/mol. The van der Waals surface area contributed by atoms with Crippen molar-refractivity contribution in [3.05, 3.63) is 57.0 Å². The number of rotatable bonds is 4. The van der Waals surface area contributed by atoms with Crippen molar-refractivity contribution in [1.82, 2.24) is 0 Å². The lowest BCUT2D eigenvalue weighted by Gasteiger charge is -2.12. The van der Waals surface area contributed by atoms with Gasteiger partial charge in [-0.2, -0.15) is 0 Å². The Labute approximate surface area is 136 Å². The van der Waals surface area contributed by atoms with Gasteiger partial charge in [-0.1, -0.05) is 27.5 Å². The van der Waals surface area contributed by atoms with Crippen LogP contribution in [-0.4, -0.2) is 13.5 Å². The molecule has 0 aromatic heterocycles. The number of nitrogens with one attached hydrogen (secondary N) is 1. The fraction of sp³-hybridized carbons (Fsp3) is 0.143. The predicted octanol–water partition coefficient (Wildman–Crippen LogP) is 3.70. The first kappa shape index (κ1) is 16.3. The van der Waals surface area contributed by atoms with E-state index >= 15 is 0 Å². The zero-order valence-electron chi connectivity index (χ0n) is 11.1. The Hall–Kier alpha value is -1.08. The summed E-state index contributed by atoms with van der Waals surface area (Å²) in [6.45, 7) is 1.49. The molecule has 2 rings (SSSR count). The lowest BCUT2D eigenvalue weighted by Crippen LogP contribution is -2.14. The van der Waals surface area contributed by atoms with Gasteiger partial charge in [0.05, 0.1) is 17.2 Å². The maximum absolute atomic E-state index is 12.4. The average molecular weight is 391 g/mol. The Bertz CT molecular complexity index is 778. The molecule has 0 aliphatic heterocycles. The summed E-state index contributed by atoms with van der Waals surface area (Å²) in [5.74, 6) is 0. The maximum atomic E-state index is 12.4. The van der Waals surface area contributed by atoms with Gasteiger partial charge in [0.1, 0.15) is 0 Å². The van der Waals surface area contributed by atoms with Gasteiger partial charge in [-0.05, 0) is 54.4 Å². The minimum atomic E-state index is -3.73. The van der Waals surface area contributed by atoms with Crippen LogP contribution in [0.1, 0.15) is 11.1 Å². The number of aliphatic hydroxyl groups excluding tert-OH is 1. The summed E-state index contributed by atoms with van der Waals surface area (Å²) in [4.78, 5) is 0.0540. The molecule has 0 amide bonds. The largest absolute Gasteiger partial charge is 0.392 e. The Kier molecular flexibility index (Phi) is 4.93. The second-order valence-corrected chi connectivity index (χ2v) is 7.48. The number of aliphatic hydroxyl groups is 1. The molecule has 0 saturated carbocycles. The molecule has 112 valence electrons. The highest BCUT2D eigenvalue weighted by Gasteiger charge is 2.16. The molecule has 0 aliphatic rings. The second-order valence-electron chi connectivity index (χ2n) is 4.48. The number of anilines is 1. The molecule has 2 aromatic carbocycles. The zero-order valence-corrected chi connectivity index (χ0v) is 14.3. The van der Waals surface area contributed by atoms with Crippen LogP contribution in [0.4, 0.5) is 5.69 Å². The minimum Gasteiger partial charge on any atom is -0.392 e. The van der Waals surface area contributed by atoms with Gasteiger partial charge in [0.25, 0.3) is 10.0 Å². The molecule has 0 heterocycles. The number of aryl methyl sites for hydroxylation is 1. The van der Waals surface area contributed by atoms with E-state index in [-0.39, 0.29) is 11.5 Å². The number of halogens is 2. The highest BCUT2D eigenvalue weighted by molar-refractivity contribution is 9.10. The summed E-state index contributed by atoms with van der Waals surface area (Å²) in [7, 11) is -3.73. The van der Waals surface area contributed by atoms with Gasteiger partial charge < -0.3 is 5.11 Å². The Morgan fingerprint density at radius 2 is 1.95 bits per heavy atom. The molecule has 2 N–H and O–H groups in total. The first-order chi connectivity index (χ1) is 9.83. The third kappa shape index (κ3) is 3.77. The first-order valence-electron chi connectivity index (χ1n) is 6.02. The molecule has 0 atom stereocenters. The number of benzene rings is 2. The molecule has 0 radical (unpaired) electrons. The van der Waals surface area contributed by atoms with E-state index in [0.717, 1.165) is 10.0 Å². The van der Waals surface area contributed by atoms with Crippen molar-refractivity contribution < 1.29 is 13.5 Å². The van der Waals surface area contributed by atoms with Crippen molar-refractivity contribution in [2.75, 3.05) is 4.72 Å². The van der Waals surface area contributed by atoms with Crippen LogP contribution in [0.15, 0.2) is 45.8 Å². The van der Waals surface area contributed by atoms with Crippen molar-refractivity contribution in [2.45, 2.75) is 18.4 Å². The van der Waals surface area contributed by atoms with E-state index in [2.05, 4.69) is 20.7 Å². The van der Waals surface area contributed by atoms with E-state index in [4.69, 9.17) is 16.7 Å². The molecule has 4 nitrogen and oxygen atoms in total. The normalized spacial score (nSPS) is 11.4. The van der Waals surface area contributed by atoms with Crippen molar-refractivity contribution >= 4 is 43.2 Å². The first-order valence-corrected chi connectivity index (χ1v) is 8.67. The maximum Gasteiger partial charge on any atom is 0.261 e. The molecular formula is C14H13BrClNO3S. The van der Waals surface area contributed by atoms with Gasteiger partial charge in [0.2, 0.25) is 0 Å². The van der Waals surface area contributed by atoms with Crippen LogP contribution in [0.3, 0.4) is 0 Å². The monoisotopic (exact) mass is 389 g/mol. The topological polar surface area (TPSA) is 66.4 Å². The van der Waals surface area contributed by atoms with Crippen molar-refractivity contribution in [3.8, 4) is 0 Å². The molecule has 21 heavy (non-hydrogen) atoms. The fourth-order valence-corrected chi connectivity index (χ4v) is 3.62. The Balaban J connectivity index is 2.38. The van der Waals surface area contributed by atoms with E-state index in [0.29, 0.717) is 16.3 Å². The van der Waals surface area contributed by atoms with Gasteiger partial charge in [0.15, 0.2) is 0 Å². The average Bonchev–Trinajstić information content (AvgIpc) is 2.42. The SMILES string of the molecule is Cc1cc(Br)ccc1NS(=O)(=O)c1ccc(Cl)c(CO)c1. The van der Waals surface area contributed by atoms with Crippen LogP contribution in [0, 0.1) is 6.92 Å². The van der Waals surface area contributed by atoms with E-state index in [9.17, 15) is 8.42 Å². The molecule has 2 aromatic rings. The van der Waals surface area contributed by atoms with Gasteiger partial charge in [-0.3, -0.25) is 4.72 Å². The van der Waals surface area contributed by atoms with Crippen LogP contribution in [0.2, 0.25) is 5.02 Å². The molecule has 7 heteroatoms. The molecule has 0 unspecified atom stereocenters. The predicted molar refractivity (Wildman–Crippen MR) is 87.1 cm³/mol. The highest BCUT2D eigenvalue weighted by atomic mass is 79.9. The molecule has 0 spiro atoms. The lowest BCUT2D eigenvalue weighted by atomic mass is 10.2. The van der Waals surface area contributed by atoms with Gasteiger partial charge in [0, 0.05) is 9.50 Å². The van der Waals surface area contributed by atoms with Gasteiger partial charge in [-0.25, -0.2) is 8.42 Å². The molecule has 0 fully saturated rings. The standard InChI is InChI=1S/C14H13BrClNO3S/c1-9-6-11(15)2-5-14(9)17-21(19,20)12-3-4-13(16)10(7-12)8-18/h2-7,17-18H,8H2,1H3. The highest BCUT2D eigenvalue weighted by Crippen LogP contribution is 2.25. The summed E-state index contributed by atoms with van der Waals surface area (Å²) in [6.07, 6.45) is 0. The van der Waals surface area contributed by atoms with E-state index < -0.39 is 10.0 Å². The summed E-state index contributed by atoms with van der Waals surface area (Å²) < 4.78 is 28.1. The number of hydrogen-bond acceptors (Lipinski definition) is 3. The smallest absolute Gasteiger partial charge is 0.261 e. The van der Waals surface area contributed by atoms with E-state index in [1.807, 2.05) is 13.0 Å². The summed E-state index contributed by atoms with van der Waals surface area (Å²) in [5.41, 5.74) is 1.66. The van der Waals surface area contributed by atoms with E-state index in [1.165, 1.54) is 18.2 Å². The van der Waals surface area contributed by atoms with Gasteiger partial charge >= 0.3 is 0 Å². The lowest BCUT2D eigenvalue weighted by molar-refractivity contribution is 0.281. The van der Waals surface area contributed by atoms with Crippen LogP contribution >= 0.6 is 27.5 Å². The number of sulfonamides is 1. The van der Waals surface area contributed by atoms with Crippen molar-refractivity contribution in [2.24, 2.45) is 0 Å². The third-order valence-corrected chi connectivity index (χ3v) is 5.16. The summed E-state index contributed by atoms with van der Waals surface area (Å²) >= 11 is 9.20. The third-order valence-electron chi connectivity index (χ3n) is 2.93. The van der Waals surface area contributed by atoms with Crippen LogP contribution in [0.5, 0.6) is 0 Å². The van der Waals surface area contributed by atoms with Crippen LogP contribution in [0.25, 0.3) is 0 Å². The van der Waals surface area contributed by atoms with Gasteiger partial charge in [-0.15, -0.1) is 0 Å². The Morgan fingerprint density at radius 3 is 2.57 bits per heavy atom. The fourth-order valence-electron chi connectivity index (χ4n) is 1.78. The Morgan fingerprint density at radius 1 is 1.24 bits per heavy atom. The van der Waals surface area contributed by atoms with Crippen LogP contribution < -0.4 is 4.72 Å².